The lowest BCUT2D eigenvalue weighted by molar-refractivity contribution is -0.0987. The maximum absolute atomic E-state index is 9.73. The van der Waals surface area contributed by atoms with Gasteiger partial charge < -0.3 is 29.6 Å². The van der Waals surface area contributed by atoms with E-state index in [4.69, 9.17) is 25.9 Å². The summed E-state index contributed by atoms with van der Waals surface area (Å²) >= 11 is 6.28. The molecule has 0 aromatic heterocycles. The minimum Gasteiger partial charge on any atom is -0.508 e. The summed E-state index contributed by atoms with van der Waals surface area (Å²) in [6, 6.07) is 9.19. The third-order valence-electron chi connectivity index (χ3n) is 4.57. The first kappa shape index (κ1) is 27.4. The van der Waals surface area contributed by atoms with E-state index in [0.717, 1.165) is 34.7 Å². The van der Waals surface area contributed by atoms with Crippen LogP contribution in [-0.2, 0) is 16.0 Å². The van der Waals surface area contributed by atoms with Crippen LogP contribution in [0.4, 0.5) is 11.4 Å². The minimum absolute atomic E-state index is 0.253. The number of carbonyl (C=O) groups excluding carboxylic acids is 2. The second kappa shape index (κ2) is 15.3. The highest BCUT2D eigenvalue weighted by molar-refractivity contribution is 6.33. The summed E-state index contributed by atoms with van der Waals surface area (Å²) in [5.74, 6) is 1.05. The van der Waals surface area contributed by atoms with Crippen LogP contribution in [0.3, 0.4) is 0 Å². The second-order valence-electron chi connectivity index (χ2n) is 6.63. The van der Waals surface area contributed by atoms with Gasteiger partial charge in [-0.2, -0.15) is 0 Å². The molecule has 1 aliphatic rings. The number of likely N-dealkylation sites (tertiary alicyclic amines) is 1. The van der Waals surface area contributed by atoms with Crippen molar-refractivity contribution in [3.63, 3.8) is 0 Å². The number of hydrogen-bond donors (Lipinski definition) is 2. The SMILES string of the molecule is C=O.C=O.CCc1cc(Cl)c(Nc2ccc(C)c(O)c2)cc1OC.CN1CCCC1. The Morgan fingerprint density at radius 1 is 1.13 bits per heavy atom. The lowest BCUT2D eigenvalue weighted by Gasteiger charge is -2.14. The molecule has 0 bridgehead atoms. The molecular weight excluding hydrogens is 404 g/mol. The summed E-state index contributed by atoms with van der Waals surface area (Å²) in [4.78, 5) is 18.4. The Hall–Kier alpha value is -2.57. The Morgan fingerprint density at radius 2 is 1.73 bits per heavy atom. The first-order chi connectivity index (χ1) is 14.4. The van der Waals surface area contributed by atoms with Crippen molar-refractivity contribution in [2.75, 3.05) is 32.6 Å². The molecule has 0 radical (unpaired) electrons. The molecular formula is C23H33ClN2O4. The number of anilines is 2. The molecule has 166 valence electrons. The van der Waals surface area contributed by atoms with Crippen molar-refractivity contribution < 1.29 is 19.4 Å². The zero-order valence-corrected chi connectivity index (χ0v) is 19.1. The molecule has 30 heavy (non-hydrogen) atoms. The van der Waals surface area contributed by atoms with E-state index in [1.807, 2.05) is 44.8 Å². The van der Waals surface area contributed by atoms with E-state index in [9.17, 15) is 5.11 Å². The summed E-state index contributed by atoms with van der Waals surface area (Å²) in [5, 5.41) is 13.6. The first-order valence-electron chi connectivity index (χ1n) is 9.64. The molecule has 2 aromatic rings. The van der Waals surface area contributed by atoms with Gasteiger partial charge in [0.2, 0.25) is 0 Å². The van der Waals surface area contributed by atoms with Crippen molar-refractivity contribution >= 4 is 36.6 Å². The number of nitrogens with zero attached hydrogens (tertiary/aromatic N) is 1. The third-order valence-corrected chi connectivity index (χ3v) is 4.88. The number of hydrogen-bond acceptors (Lipinski definition) is 6. The van der Waals surface area contributed by atoms with E-state index < -0.39 is 0 Å². The molecule has 0 aliphatic carbocycles. The zero-order chi connectivity index (χ0) is 23.1. The van der Waals surface area contributed by atoms with Crippen molar-refractivity contribution in [2.45, 2.75) is 33.1 Å². The van der Waals surface area contributed by atoms with Crippen LogP contribution in [0.2, 0.25) is 5.02 Å². The summed E-state index contributed by atoms with van der Waals surface area (Å²) in [6.07, 6.45) is 3.68. The summed E-state index contributed by atoms with van der Waals surface area (Å²) in [7, 11) is 3.82. The van der Waals surface area contributed by atoms with Gasteiger partial charge in [0.1, 0.15) is 25.1 Å². The number of ether oxygens (including phenoxy) is 1. The van der Waals surface area contributed by atoms with Crippen LogP contribution >= 0.6 is 11.6 Å². The van der Waals surface area contributed by atoms with Gasteiger partial charge in [-0.1, -0.05) is 24.6 Å². The van der Waals surface area contributed by atoms with Crippen LogP contribution in [-0.4, -0.2) is 50.8 Å². The number of rotatable bonds is 4. The Balaban J connectivity index is 0.000000702. The smallest absolute Gasteiger partial charge is 0.124 e. The number of phenolic OH excluding ortho intramolecular Hbond substituents is 1. The molecule has 1 heterocycles. The molecule has 1 fully saturated rings. The highest BCUT2D eigenvalue weighted by Crippen LogP contribution is 2.34. The fourth-order valence-corrected chi connectivity index (χ4v) is 3.11. The van der Waals surface area contributed by atoms with Crippen LogP contribution in [0.25, 0.3) is 0 Å². The Bertz CT molecular complexity index is 763. The van der Waals surface area contributed by atoms with Crippen LogP contribution in [0, 0.1) is 6.92 Å². The number of aromatic hydroxyl groups is 1. The molecule has 2 aromatic carbocycles. The summed E-state index contributed by atoms with van der Waals surface area (Å²) < 4.78 is 5.36. The Morgan fingerprint density at radius 3 is 2.17 bits per heavy atom. The molecule has 0 unspecified atom stereocenters. The highest BCUT2D eigenvalue weighted by Gasteiger charge is 2.09. The predicted octanol–water partition coefficient (Wildman–Crippen LogP) is 5.01. The Kier molecular flexibility index (Phi) is 14.0. The molecule has 0 atom stereocenters. The average Bonchev–Trinajstić information content (AvgIpc) is 3.26. The van der Waals surface area contributed by atoms with Gasteiger partial charge in [-0.25, -0.2) is 0 Å². The first-order valence-corrected chi connectivity index (χ1v) is 10.0. The fourth-order valence-electron chi connectivity index (χ4n) is 2.87. The van der Waals surface area contributed by atoms with Gasteiger partial charge in [0.25, 0.3) is 0 Å². The molecule has 6 nitrogen and oxygen atoms in total. The number of nitrogens with one attached hydrogen (secondary N) is 1. The van der Waals surface area contributed by atoms with Gasteiger partial charge in [0, 0.05) is 17.8 Å². The lowest BCUT2D eigenvalue weighted by atomic mass is 10.1. The van der Waals surface area contributed by atoms with Crippen molar-refractivity contribution in [3.8, 4) is 11.5 Å². The normalized spacial score (nSPS) is 12.3. The van der Waals surface area contributed by atoms with E-state index in [-0.39, 0.29) is 5.75 Å². The van der Waals surface area contributed by atoms with Crippen molar-refractivity contribution in [1.29, 1.82) is 0 Å². The highest BCUT2D eigenvalue weighted by atomic mass is 35.5. The molecule has 3 rings (SSSR count). The van der Waals surface area contributed by atoms with Gasteiger partial charge in [0.15, 0.2) is 0 Å². The molecule has 1 saturated heterocycles. The molecule has 2 N–H and O–H groups in total. The molecule has 1 aliphatic heterocycles. The van der Waals surface area contributed by atoms with E-state index in [2.05, 4.69) is 24.2 Å². The van der Waals surface area contributed by atoms with Gasteiger partial charge in [-0.05, 0) is 69.6 Å². The molecule has 0 saturated carbocycles. The van der Waals surface area contributed by atoms with Gasteiger partial charge >= 0.3 is 0 Å². The largest absolute Gasteiger partial charge is 0.508 e. The quantitative estimate of drug-likeness (QED) is 0.701. The summed E-state index contributed by atoms with van der Waals surface area (Å²) in [5.41, 5.74) is 3.43. The lowest BCUT2D eigenvalue weighted by Crippen LogP contribution is -2.10. The minimum atomic E-state index is 0.253. The Labute approximate surface area is 184 Å². The third kappa shape index (κ3) is 8.84. The number of methoxy groups -OCH3 is 1. The summed E-state index contributed by atoms with van der Waals surface area (Å²) in [6.45, 7) is 10.5. The van der Waals surface area contributed by atoms with Crippen LogP contribution < -0.4 is 10.1 Å². The number of phenols is 1. The predicted molar refractivity (Wildman–Crippen MR) is 124 cm³/mol. The average molecular weight is 437 g/mol. The molecule has 0 spiro atoms. The number of aryl methyl sites for hydroxylation is 2. The number of halogens is 1. The van der Waals surface area contributed by atoms with Crippen molar-refractivity contribution in [2.24, 2.45) is 0 Å². The van der Waals surface area contributed by atoms with E-state index in [1.54, 1.807) is 13.2 Å². The second-order valence-corrected chi connectivity index (χ2v) is 7.04. The van der Waals surface area contributed by atoms with Crippen molar-refractivity contribution in [3.05, 3.63) is 46.5 Å². The zero-order valence-electron chi connectivity index (χ0n) is 18.3. The maximum atomic E-state index is 9.73. The van der Waals surface area contributed by atoms with E-state index in [0.29, 0.717) is 5.02 Å². The van der Waals surface area contributed by atoms with E-state index in [1.165, 1.54) is 25.9 Å². The van der Waals surface area contributed by atoms with Crippen LogP contribution in [0.5, 0.6) is 11.5 Å². The monoisotopic (exact) mass is 436 g/mol. The van der Waals surface area contributed by atoms with Gasteiger partial charge in [0.05, 0.1) is 17.8 Å². The topological polar surface area (TPSA) is 78.9 Å². The number of carbonyl (C=O) groups is 2. The maximum Gasteiger partial charge on any atom is 0.124 e. The van der Waals surface area contributed by atoms with E-state index >= 15 is 0 Å². The van der Waals surface area contributed by atoms with Crippen LogP contribution in [0.15, 0.2) is 30.3 Å². The molecule has 0 amide bonds. The van der Waals surface area contributed by atoms with Crippen LogP contribution in [0.1, 0.15) is 30.9 Å². The standard InChI is InChI=1S/C16H18ClNO2.C5H11N.2CH2O/c1-4-11-7-13(17)14(9-16(11)20-3)18-12-6-5-10(2)15(19)8-12;1-6-4-2-3-5-6;2*1-2/h5-9,18-19H,4H2,1-3H3;2-5H2,1H3;2*1H2. The van der Waals surface area contributed by atoms with Gasteiger partial charge in [-0.15, -0.1) is 0 Å². The molecule has 7 heteroatoms. The van der Waals surface area contributed by atoms with Crippen molar-refractivity contribution in [1.82, 2.24) is 4.90 Å². The fraction of sp³-hybridized carbons (Fsp3) is 0.391. The number of benzene rings is 2. The van der Waals surface area contributed by atoms with Gasteiger partial charge in [-0.3, -0.25) is 0 Å².